The fourth-order valence-corrected chi connectivity index (χ4v) is 0.807. The molecule has 3 nitrogen and oxygen atoms in total. The molecular weight excluding hydrogens is 138 g/mol. The molecule has 0 spiro atoms. The smallest absolute Gasteiger partial charge is 0.158 e. The van der Waals surface area contributed by atoms with Crippen LogP contribution in [0.5, 0.6) is 0 Å². The molecule has 1 aromatic rings. The summed E-state index contributed by atoms with van der Waals surface area (Å²) in [6, 6.07) is 0. The van der Waals surface area contributed by atoms with Gasteiger partial charge in [-0.3, -0.25) is 0 Å². The molecule has 3 heteroatoms. The summed E-state index contributed by atoms with van der Waals surface area (Å²) in [5, 5.41) is 0. The quantitative estimate of drug-likeness (QED) is 0.607. The summed E-state index contributed by atoms with van der Waals surface area (Å²) in [4.78, 5) is 12.3. The number of aromatic nitrogens is 3. The lowest BCUT2D eigenvalue weighted by atomic mass is 10.3. The van der Waals surface area contributed by atoms with Gasteiger partial charge in [-0.1, -0.05) is 6.58 Å². The fourth-order valence-electron chi connectivity index (χ4n) is 0.807. The van der Waals surface area contributed by atoms with Crippen molar-refractivity contribution in [2.24, 2.45) is 0 Å². The average Bonchev–Trinajstić information content (AvgIpc) is 1.85. The predicted octanol–water partition coefficient (Wildman–Crippen LogP) is 1.52. The van der Waals surface area contributed by atoms with Crippen molar-refractivity contribution in [3.63, 3.8) is 0 Å². The maximum Gasteiger partial charge on any atom is 0.158 e. The van der Waals surface area contributed by atoms with E-state index in [0.717, 1.165) is 17.2 Å². The Kier molecular flexibility index (Phi) is 1.98. The van der Waals surface area contributed by atoms with Gasteiger partial charge in [0.2, 0.25) is 0 Å². The van der Waals surface area contributed by atoms with Gasteiger partial charge in [0, 0.05) is 0 Å². The molecule has 0 aliphatic rings. The molecule has 0 aliphatic heterocycles. The van der Waals surface area contributed by atoms with Crippen molar-refractivity contribution in [2.45, 2.75) is 20.8 Å². The van der Waals surface area contributed by atoms with E-state index in [0.29, 0.717) is 5.82 Å². The topological polar surface area (TPSA) is 38.7 Å². The van der Waals surface area contributed by atoms with Gasteiger partial charge in [-0.2, -0.15) is 0 Å². The number of allylic oxidation sites excluding steroid dienone is 1. The van der Waals surface area contributed by atoms with Crippen LogP contribution in [0.3, 0.4) is 0 Å². The van der Waals surface area contributed by atoms with Crippen molar-refractivity contribution in [3.8, 4) is 0 Å². The van der Waals surface area contributed by atoms with Crippen LogP contribution in [0, 0.1) is 13.8 Å². The van der Waals surface area contributed by atoms with Gasteiger partial charge in [0.05, 0.1) is 0 Å². The lowest BCUT2D eigenvalue weighted by molar-refractivity contribution is 0.901. The number of nitrogens with zero attached hydrogens (tertiary/aromatic N) is 3. The molecule has 1 aromatic heterocycles. The highest BCUT2D eigenvalue weighted by Crippen LogP contribution is 2.04. The van der Waals surface area contributed by atoms with Crippen LogP contribution in [-0.4, -0.2) is 15.0 Å². The van der Waals surface area contributed by atoms with Crippen LogP contribution in [0.4, 0.5) is 0 Å². The Morgan fingerprint density at radius 3 is 1.91 bits per heavy atom. The average molecular weight is 149 g/mol. The first kappa shape index (κ1) is 7.85. The van der Waals surface area contributed by atoms with Crippen molar-refractivity contribution in [3.05, 3.63) is 24.1 Å². The van der Waals surface area contributed by atoms with Gasteiger partial charge in [0.1, 0.15) is 11.6 Å². The summed E-state index contributed by atoms with van der Waals surface area (Å²) in [6.45, 7) is 9.33. The SMILES string of the molecule is C=C(C)c1nc(C)nc(C)n1. The summed E-state index contributed by atoms with van der Waals surface area (Å²) in [5.74, 6) is 2.18. The zero-order chi connectivity index (χ0) is 8.43. The lowest BCUT2D eigenvalue weighted by Crippen LogP contribution is -2.00. The zero-order valence-electron chi connectivity index (χ0n) is 7.05. The predicted molar refractivity (Wildman–Crippen MR) is 44.0 cm³/mol. The second-order valence-corrected chi connectivity index (χ2v) is 2.53. The Labute approximate surface area is 66.2 Å². The van der Waals surface area contributed by atoms with E-state index in [1.54, 1.807) is 0 Å². The molecule has 0 unspecified atom stereocenters. The van der Waals surface area contributed by atoms with Gasteiger partial charge in [0.15, 0.2) is 5.82 Å². The van der Waals surface area contributed by atoms with E-state index in [1.807, 2.05) is 20.8 Å². The minimum atomic E-state index is 0.690. The highest BCUT2D eigenvalue weighted by Gasteiger charge is 1.99. The van der Waals surface area contributed by atoms with Gasteiger partial charge in [-0.15, -0.1) is 0 Å². The van der Waals surface area contributed by atoms with Crippen molar-refractivity contribution in [1.29, 1.82) is 0 Å². The minimum absolute atomic E-state index is 0.690. The maximum atomic E-state index is 4.11. The number of hydrogen-bond acceptors (Lipinski definition) is 3. The van der Waals surface area contributed by atoms with Crippen molar-refractivity contribution < 1.29 is 0 Å². The van der Waals surface area contributed by atoms with E-state index in [2.05, 4.69) is 21.5 Å². The van der Waals surface area contributed by atoms with Crippen LogP contribution < -0.4 is 0 Å². The van der Waals surface area contributed by atoms with E-state index in [1.165, 1.54) is 0 Å². The number of hydrogen-bond donors (Lipinski definition) is 0. The summed E-state index contributed by atoms with van der Waals surface area (Å²) in [5.41, 5.74) is 0.874. The van der Waals surface area contributed by atoms with E-state index < -0.39 is 0 Å². The Bertz CT molecular complexity index is 271. The van der Waals surface area contributed by atoms with Gasteiger partial charge in [-0.25, -0.2) is 15.0 Å². The van der Waals surface area contributed by atoms with Gasteiger partial charge >= 0.3 is 0 Å². The second-order valence-electron chi connectivity index (χ2n) is 2.53. The molecule has 0 atom stereocenters. The monoisotopic (exact) mass is 149 g/mol. The lowest BCUT2D eigenvalue weighted by Gasteiger charge is -1.99. The molecule has 1 rings (SSSR count). The Morgan fingerprint density at radius 1 is 1.09 bits per heavy atom. The van der Waals surface area contributed by atoms with Crippen LogP contribution in [0.2, 0.25) is 0 Å². The Morgan fingerprint density at radius 2 is 1.55 bits per heavy atom. The third kappa shape index (κ3) is 1.83. The number of rotatable bonds is 1. The summed E-state index contributed by atoms with van der Waals surface area (Å²) in [7, 11) is 0. The van der Waals surface area contributed by atoms with Crippen molar-refractivity contribution in [2.75, 3.05) is 0 Å². The van der Waals surface area contributed by atoms with Crippen LogP contribution in [-0.2, 0) is 0 Å². The first-order chi connectivity index (χ1) is 5.09. The molecule has 1 heterocycles. The van der Waals surface area contributed by atoms with Crippen LogP contribution in [0.25, 0.3) is 5.57 Å². The van der Waals surface area contributed by atoms with Crippen LogP contribution in [0.15, 0.2) is 6.58 Å². The highest BCUT2D eigenvalue weighted by molar-refractivity contribution is 5.53. The second kappa shape index (κ2) is 2.78. The first-order valence-corrected chi connectivity index (χ1v) is 3.45. The molecule has 0 radical (unpaired) electrons. The zero-order valence-corrected chi connectivity index (χ0v) is 7.05. The van der Waals surface area contributed by atoms with Crippen molar-refractivity contribution in [1.82, 2.24) is 15.0 Å². The molecule has 0 amide bonds. The van der Waals surface area contributed by atoms with Crippen LogP contribution >= 0.6 is 0 Å². The molecule has 0 saturated carbocycles. The third-order valence-corrected chi connectivity index (χ3v) is 1.24. The van der Waals surface area contributed by atoms with Gasteiger partial charge in [-0.05, 0) is 26.3 Å². The summed E-state index contributed by atoms with van der Waals surface area (Å²) < 4.78 is 0. The highest BCUT2D eigenvalue weighted by atomic mass is 15.0. The first-order valence-electron chi connectivity index (χ1n) is 3.45. The molecule has 0 fully saturated rings. The molecule has 0 N–H and O–H groups in total. The van der Waals surface area contributed by atoms with E-state index in [-0.39, 0.29) is 0 Å². The molecule has 0 aliphatic carbocycles. The molecule has 58 valence electrons. The molecular formula is C8H11N3. The van der Waals surface area contributed by atoms with E-state index in [9.17, 15) is 0 Å². The van der Waals surface area contributed by atoms with Crippen LogP contribution in [0.1, 0.15) is 24.4 Å². The summed E-state index contributed by atoms with van der Waals surface area (Å²) >= 11 is 0. The summed E-state index contributed by atoms with van der Waals surface area (Å²) in [6.07, 6.45) is 0. The van der Waals surface area contributed by atoms with Gasteiger partial charge in [0.25, 0.3) is 0 Å². The van der Waals surface area contributed by atoms with E-state index >= 15 is 0 Å². The number of aryl methyl sites for hydroxylation is 2. The molecule has 0 bridgehead atoms. The van der Waals surface area contributed by atoms with Crippen molar-refractivity contribution >= 4 is 5.57 Å². The Balaban J connectivity index is 3.19. The Hall–Kier alpha value is -1.25. The molecule has 0 aromatic carbocycles. The fraction of sp³-hybridized carbons (Fsp3) is 0.375. The molecule has 0 saturated heterocycles. The third-order valence-electron chi connectivity index (χ3n) is 1.24. The maximum absolute atomic E-state index is 4.11. The normalized spacial score (nSPS) is 9.73. The standard InChI is InChI=1S/C8H11N3/c1-5(2)8-10-6(3)9-7(4)11-8/h1H2,2-4H3. The largest absolute Gasteiger partial charge is 0.219 e. The van der Waals surface area contributed by atoms with Gasteiger partial charge < -0.3 is 0 Å². The minimum Gasteiger partial charge on any atom is -0.219 e. The van der Waals surface area contributed by atoms with E-state index in [4.69, 9.17) is 0 Å². The molecule has 11 heavy (non-hydrogen) atoms.